The molecule has 116 valence electrons. The van der Waals surface area contributed by atoms with E-state index in [0.717, 1.165) is 22.4 Å². The molecule has 1 aliphatic heterocycles. The molecule has 0 aromatic heterocycles. The number of sulfonamides is 1. The van der Waals surface area contributed by atoms with Crippen LogP contribution in [-0.4, -0.2) is 15.0 Å². The lowest BCUT2D eigenvalue weighted by Gasteiger charge is -2.27. The minimum atomic E-state index is -3.54. The van der Waals surface area contributed by atoms with E-state index in [9.17, 15) is 8.42 Å². The van der Waals surface area contributed by atoms with E-state index in [1.54, 1.807) is 24.3 Å². The first-order chi connectivity index (χ1) is 10.5. The highest BCUT2D eigenvalue weighted by atomic mass is 32.2. The summed E-state index contributed by atoms with van der Waals surface area (Å²) in [7, 11) is -3.54. The van der Waals surface area contributed by atoms with Crippen molar-refractivity contribution in [1.82, 2.24) is 4.72 Å². The van der Waals surface area contributed by atoms with Crippen molar-refractivity contribution in [2.24, 2.45) is 0 Å². The quantitative estimate of drug-likeness (QED) is 0.946. The Labute approximate surface area is 131 Å². The summed E-state index contributed by atoms with van der Waals surface area (Å²) in [5.74, 6) is 0.758. The van der Waals surface area contributed by atoms with Crippen LogP contribution < -0.4 is 9.46 Å². The minimum absolute atomic E-state index is 0.255. The molecule has 0 amide bonds. The van der Waals surface area contributed by atoms with Crippen molar-refractivity contribution in [3.63, 3.8) is 0 Å². The van der Waals surface area contributed by atoms with Gasteiger partial charge in [0.05, 0.1) is 17.5 Å². The van der Waals surface area contributed by atoms with E-state index in [2.05, 4.69) is 4.72 Å². The SMILES string of the molecule is Cc1ccc(S(=O)(=O)NC2CCOc3ccc(C)cc32)cc1. The van der Waals surface area contributed by atoms with E-state index < -0.39 is 10.0 Å². The first-order valence-electron chi connectivity index (χ1n) is 7.28. The van der Waals surface area contributed by atoms with Crippen LogP contribution in [0.4, 0.5) is 0 Å². The van der Waals surface area contributed by atoms with Gasteiger partial charge in [-0.3, -0.25) is 0 Å². The van der Waals surface area contributed by atoms with Gasteiger partial charge >= 0.3 is 0 Å². The molecule has 0 spiro atoms. The standard InChI is InChI=1S/C17H19NO3S/c1-12-3-6-14(7-4-12)22(19,20)18-16-9-10-21-17-8-5-13(2)11-15(16)17/h3-8,11,16,18H,9-10H2,1-2H3. The smallest absolute Gasteiger partial charge is 0.241 e. The molecule has 0 saturated carbocycles. The van der Waals surface area contributed by atoms with Gasteiger partial charge in [-0.2, -0.15) is 0 Å². The molecular weight excluding hydrogens is 298 g/mol. The molecule has 1 unspecified atom stereocenters. The average molecular weight is 317 g/mol. The number of ether oxygens (including phenoxy) is 1. The molecule has 3 rings (SSSR count). The van der Waals surface area contributed by atoms with Gasteiger partial charge in [0, 0.05) is 12.0 Å². The summed E-state index contributed by atoms with van der Waals surface area (Å²) < 4.78 is 33.5. The Morgan fingerprint density at radius 1 is 1.05 bits per heavy atom. The number of fused-ring (bicyclic) bond motifs is 1. The van der Waals surface area contributed by atoms with Gasteiger partial charge in [-0.15, -0.1) is 0 Å². The Bertz CT molecular complexity index is 782. The predicted octanol–water partition coefficient (Wildman–Crippen LogP) is 3.11. The Hall–Kier alpha value is -1.85. The molecule has 1 heterocycles. The minimum Gasteiger partial charge on any atom is -0.493 e. The summed E-state index contributed by atoms with van der Waals surface area (Å²) in [5, 5.41) is 0. The molecule has 22 heavy (non-hydrogen) atoms. The Kier molecular flexibility index (Phi) is 3.93. The Balaban J connectivity index is 1.91. The molecule has 0 bridgehead atoms. The van der Waals surface area contributed by atoms with Crippen molar-refractivity contribution >= 4 is 10.0 Å². The van der Waals surface area contributed by atoms with Crippen LogP contribution in [0.2, 0.25) is 0 Å². The normalized spacial score (nSPS) is 17.6. The van der Waals surface area contributed by atoms with Gasteiger partial charge in [0.1, 0.15) is 5.75 Å². The number of aryl methyl sites for hydroxylation is 2. The van der Waals surface area contributed by atoms with Crippen LogP contribution in [0.3, 0.4) is 0 Å². The van der Waals surface area contributed by atoms with Gasteiger partial charge in [0.2, 0.25) is 10.0 Å². The maximum Gasteiger partial charge on any atom is 0.241 e. The zero-order valence-electron chi connectivity index (χ0n) is 12.7. The van der Waals surface area contributed by atoms with E-state index in [0.29, 0.717) is 17.9 Å². The van der Waals surface area contributed by atoms with E-state index in [1.807, 2.05) is 32.0 Å². The van der Waals surface area contributed by atoms with Gasteiger partial charge in [-0.25, -0.2) is 13.1 Å². The van der Waals surface area contributed by atoms with Gasteiger partial charge in [0.15, 0.2) is 0 Å². The molecule has 1 aliphatic rings. The third kappa shape index (κ3) is 3.00. The summed E-state index contributed by atoms with van der Waals surface area (Å²) in [4.78, 5) is 0.291. The second-order valence-corrected chi connectivity index (χ2v) is 7.38. The molecule has 0 aliphatic carbocycles. The van der Waals surface area contributed by atoms with Crippen LogP contribution in [0.5, 0.6) is 5.75 Å². The molecule has 0 saturated heterocycles. The maximum atomic E-state index is 12.6. The fourth-order valence-electron chi connectivity index (χ4n) is 2.61. The van der Waals surface area contributed by atoms with Crippen LogP contribution in [0.1, 0.15) is 29.2 Å². The molecule has 1 atom stereocenters. The summed E-state index contributed by atoms with van der Waals surface area (Å²) in [5.41, 5.74) is 3.02. The molecule has 0 radical (unpaired) electrons. The van der Waals surface area contributed by atoms with Crippen molar-refractivity contribution < 1.29 is 13.2 Å². The van der Waals surface area contributed by atoms with E-state index in [1.165, 1.54) is 0 Å². The second kappa shape index (κ2) is 5.74. The number of rotatable bonds is 3. The van der Waals surface area contributed by atoms with Gasteiger partial charge in [-0.05, 0) is 32.0 Å². The van der Waals surface area contributed by atoms with Gasteiger partial charge in [0.25, 0.3) is 0 Å². The van der Waals surface area contributed by atoms with Crippen molar-refractivity contribution in [1.29, 1.82) is 0 Å². The zero-order chi connectivity index (χ0) is 15.7. The second-order valence-electron chi connectivity index (χ2n) is 5.67. The molecule has 1 N–H and O–H groups in total. The van der Waals surface area contributed by atoms with E-state index >= 15 is 0 Å². The van der Waals surface area contributed by atoms with Crippen LogP contribution >= 0.6 is 0 Å². The Morgan fingerprint density at radius 2 is 1.73 bits per heavy atom. The molecule has 5 heteroatoms. The number of hydrogen-bond donors (Lipinski definition) is 1. The number of benzene rings is 2. The third-order valence-electron chi connectivity index (χ3n) is 3.83. The van der Waals surface area contributed by atoms with Crippen molar-refractivity contribution in [2.45, 2.75) is 31.2 Å². The lowest BCUT2D eigenvalue weighted by molar-refractivity contribution is 0.263. The largest absolute Gasteiger partial charge is 0.493 e. The number of hydrogen-bond acceptors (Lipinski definition) is 3. The van der Waals surface area contributed by atoms with Crippen LogP contribution in [0.15, 0.2) is 47.4 Å². The topological polar surface area (TPSA) is 55.4 Å². The monoisotopic (exact) mass is 317 g/mol. The Morgan fingerprint density at radius 3 is 2.45 bits per heavy atom. The predicted molar refractivity (Wildman–Crippen MR) is 85.5 cm³/mol. The first kappa shape index (κ1) is 15.1. The van der Waals surface area contributed by atoms with Crippen LogP contribution in [-0.2, 0) is 10.0 Å². The van der Waals surface area contributed by atoms with Gasteiger partial charge < -0.3 is 4.74 Å². The molecule has 4 nitrogen and oxygen atoms in total. The fourth-order valence-corrected chi connectivity index (χ4v) is 3.86. The molecule has 0 fully saturated rings. The van der Waals surface area contributed by atoms with Crippen LogP contribution in [0.25, 0.3) is 0 Å². The van der Waals surface area contributed by atoms with Crippen molar-refractivity contribution in [3.8, 4) is 5.75 Å². The van der Waals surface area contributed by atoms with Crippen molar-refractivity contribution in [2.75, 3.05) is 6.61 Å². The summed E-state index contributed by atoms with van der Waals surface area (Å²) in [6.07, 6.45) is 0.627. The summed E-state index contributed by atoms with van der Waals surface area (Å²) in [6, 6.07) is 12.5. The van der Waals surface area contributed by atoms with E-state index in [-0.39, 0.29) is 6.04 Å². The average Bonchev–Trinajstić information content (AvgIpc) is 2.48. The summed E-state index contributed by atoms with van der Waals surface area (Å²) >= 11 is 0. The van der Waals surface area contributed by atoms with Gasteiger partial charge in [-0.1, -0.05) is 35.4 Å². The molecular formula is C17H19NO3S. The fraction of sp³-hybridized carbons (Fsp3) is 0.294. The van der Waals surface area contributed by atoms with E-state index in [4.69, 9.17) is 4.74 Å². The summed E-state index contributed by atoms with van der Waals surface area (Å²) in [6.45, 7) is 4.43. The maximum absolute atomic E-state index is 12.6. The highest BCUT2D eigenvalue weighted by Gasteiger charge is 2.26. The third-order valence-corrected chi connectivity index (χ3v) is 5.32. The van der Waals surface area contributed by atoms with Crippen LogP contribution in [0, 0.1) is 13.8 Å². The van der Waals surface area contributed by atoms with Crippen molar-refractivity contribution in [3.05, 3.63) is 59.2 Å². The highest BCUT2D eigenvalue weighted by molar-refractivity contribution is 7.89. The molecule has 2 aromatic carbocycles. The number of nitrogens with one attached hydrogen (secondary N) is 1. The zero-order valence-corrected chi connectivity index (χ0v) is 13.5. The lowest BCUT2D eigenvalue weighted by Crippen LogP contribution is -2.32. The molecule has 2 aromatic rings. The first-order valence-corrected chi connectivity index (χ1v) is 8.76. The lowest BCUT2D eigenvalue weighted by atomic mass is 10.00. The highest BCUT2D eigenvalue weighted by Crippen LogP contribution is 2.33.